The molecule has 0 aliphatic rings. The van der Waals surface area contributed by atoms with Gasteiger partial charge in [0.1, 0.15) is 0 Å². The van der Waals surface area contributed by atoms with Gasteiger partial charge in [-0.15, -0.1) is 0 Å². The topological polar surface area (TPSA) is 93.2 Å². The normalized spacial score (nSPS) is 8.78. The molecule has 0 fully saturated rings. The first-order valence-corrected chi connectivity index (χ1v) is 5.35. The first kappa shape index (κ1) is 13.7. The van der Waals surface area contributed by atoms with E-state index in [1.165, 1.54) is 11.1 Å². The SMILES string of the molecule is NNC(=O)NN.c1ccc(-c2ccccc2)cc1. The van der Waals surface area contributed by atoms with Crippen molar-refractivity contribution in [2.24, 2.45) is 11.7 Å². The summed E-state index contributed by atoms with van der Waals surface area (Å²) in [5, 5.41) is 0. The van der Waals surface area contributed by atoms with E-state index >= 15 is 0 Å². The molecule has 0 bridgehead atoms. The van der Waals surface area contributed by atoms with E-state index in [-0.39, 0.29) is 0 Å². The number of benzene rings is 2. The molecule has 0 aliphatic carbocycles. The smallest absolute Gasteiger partial charge is 0.275 e. The number of hydrogen-bond acceptors (Lipinski definition) is 3. The first-order chi connectivity index (χ1) is 8.77. The van der Waals surface area contributed by atoms with Crippen molar-refractivity contribution >= 4 is 6.03 Å². The molecule has 0 heterocycles. The molecule has 18 heavy (non-hydrogen) atoms. The van der Waals surface area contributed by atoms with Crippen LogP contribution in [0.25, 0.3) is 11.1 Å². The van der Waals surface area contributed by atoms with Crippen molar-refractivity contribution in [3.05, 3.63) is 60.7 Å². The molecule has 0 radical (unpaired) electrons. The van der Waals surface area contributed by atoms with Gasteiger partial charge in [0.25, 0.3) is 0 Å². The van der Waals surface area contributed by atoms with Crippen LogP contribution in [-0.2, 0) is 0 Å². The molecule has 5 nitrogen and oxygen atoms in total. The Morgan fingerprint density at radius 2 is 1.06 bits per heavy atom. The Morgan fingerprint density at radius 1 is 0.722 bits per heavy atom. The van der Waals surface area contributed by atoms with E-state index in [9.17, 15) is 4.79 Å². The predicted molar refractivity (Wildman–Crippen MR) is 71.9 cm³/mol. The Balaban J connectivity index is 0.000000232. The molecule has 0 aromatic heterocycles. The van der Waals surface area contributed by atoms with Gasteiger partial charge >= 0.3 is 6.03 Å². The van der Waals surface area contributed by atoms with Crippen LogP contribution < -0.4 is 22.5 Å². The van der Waals surface area contributed by atoms with Crippen molar-refractivity contribution in [2.45, 2.75) is 0 Å². The Morgan fingerprint density at radius 3 is 1.28 bits per heavy atom. The van der Waals surface area contributed by atoms with E-state index in [1.54, 1.807) is 10.9 Å². The highest BCUT2D eigenvalue weighted by Crippen LogP contribution is 2.17. The van der Waals surface area contributed by atoms with Crippen LogP contribution in [0.2, 0.25) is 0 Å². The predicted octanol–water partition coefficient (Wildman–Crippen LogP) is 1.39. The molecule has 0 saturated carbocycles. The third-order valence-corrected chi connectivity index (χ3v) is 2.14. The van der Waals surface area contributed by atoms with Gasteiger partial charge in [0.2, 0.25) is 0 Å². The summed E-state index contributed by atoms with van der Waals surface area (Å²) in [5.74, 6) is 9.08. The van der Waals surface area contributed by atoms with Crippen molar-refractivity contribution in [1.29, 1.82) is 0 Å². The molecule has 2 rings (SSSR count). The molecule has 2 amide bonds. The lowest BCUT2D eigenvalue weighted by atomic mass is 10.1. The third kappa shape index (κ3) is 4.65. The quantitative estimate of drug-likeness (QED) is 0.347. The van der Waals surface area contributed by atoms with Crippen LogP contribution in [0.3, 0.4) is 0 Å². The van der Waals surface area contributed by atoms with Crippen LogP contribution >= 0.6 is 0 Å². The van der Waals surface area contributed by atoms with Crippen molar-refractivity contribution < 1.29 is 4.79 Å². The number of nitrogens with one attached hydrogen (secondary N) is 2. The zero-order valence-electron chi connectivity index (χ0n) is 9.84. The number of hydrogen-bond donors (Lipinski definition) is 4. The van der Waals surface area contributed by atoms with Crippen LogP contribution in [0, 0.1) is 0 Å². The number of urea groups is 1. The molecule has 2 aromatic rings. The van der Waals surface area contributed by atoms with Crippen LogP contribution in [0.4, 0.5) is 4.79 Å². The molecule has 5 heteroatoms. The first-order valence-electron chi connectivity index (χ1n) is 5.35. The number of rotatable bonds is 1. The molecule has 6 N–H and O–H groups in total. The summed E-state index contributed by atoms with van der Waals surface area (Å²) in [4.78, 5) is 9.71. The second kappa shape index (κ2) is 7.83. The minimum Gasteiger partial charge on any atom is -0.275 e. The number of hydrazine groups is 2. The van der Waals surface area contributed by atoms with E-state index in [1.807, 2.05) is 12.1 Å². The fourth-order valence-corrected chi connectivity index (χ4v) is 1.30. The van der Waals surface area contributed by atoms with Gasteiger partial charge in [0.05, 0.1) is 0 Å². The highest BCUT2D eigenvalue weighted by atomic mass is 16.2. The Kier molecular flexibility index (Phi) is 5.96. The summed E-state index contributed by atoms with van der Waals surface area (Å²) >= 11 is 0. The highest BCUT2D eigenvalue weighted by Gasteiger charge is 1.91. The van der Waals surface area contributed by atoms with Crippen molar-refractivity contribution in [3.63, 3.8) is 0 Å². The Hall–Kier alpha value is -2.37. The number of carbonyl (C=O) groups is 1. The lowest BCUT2D eigenvalue weighted by Crippen LogP contribution is -2.43. The Bertz CT molecular complexity index is 415. The number of amides is 2. The molecule has 0 saturated heterocycles. The number of carbonyl (C=O) groups excluding carboxylic acids is 1. The van der Waals surface area contributed by atoms with E-state index < -0.39 is 6.03 Å². The van der Waals surface area contributed by atoms with E-state index in [4.69, 9.17) is 0 Å². The second-order valence-corrected chi connectivity index (χ2v) is 3.35. The Labute approximate surface area is 106 Å². The standard InChI is InChI=1S/C12H10.CH6N4O/c1-3-7-11(8-4-1)12-9-5-2-6-10-12;2-4-1(6)5-3/h1-10H;2-3H2,(H2,4,5,6). The fraction of sp³-hybridized carbons (Fsp3) is 0. The lowest BCUT2D eigenvalue weighted by Gasteiger charge is -1.98. The zero-order valence-corrected chi connectivity index (χ0v) is 9.84. The van der Waals surface area contributed by atoms with Crippen LogP contribution in [0.5, 0.6) is 0 Å². The number of nitrogens with two attached hydrogens (primary N) is 2. The fourth-order valence-electron chi connectivity index (χ4n) is 1.30. The van der Waals surface area contributed by atoms with E-state index in [0.717, 1.165) is 0 Å². The summed E-state index contributed by atoms with van der Waals surface area (Å²) in [5.41, 5.74) is 6.03. The summed E-state index contributed by atoms with van der Waals surface area (Å²) < 4.78 is 0. The largest absolute Gasteiger partial charge is 0.343 e. The maximum Gasteiger partial charge on any atom is 0.343 e. The molecular weight excluding hydrogens is 228 g/mol. The molecule has 0 atom stereocenters. The van der Waals surface area contributed by atoms with Crippen molar-refractivity contribution in [3.8, 4) is 11.1 Å². The van der Waals surface area contributed by atoms with Crippen molar-refractivity contribution in [1.82, 2.24) is 10.9 Å². The van der Waals surface area contributed by atoms with Crippen LogP contribution in [0.1, 0.15) is 0 Å². The second-order valence-electron chi connectivity index (χ2n) is 3.35. The third-order valence-electron chi connectivity index (χ3n) is 2.14. The van der Waals surface area contributed by atoms with Crippen LogP contribution in [-0.4, -0.2) is 6.03 Å². The maximum atomic E-state index is 9.71. The van der Waals surface area contributed by atoms with E-state index in [2.05, 4.69) is 60.2 Å². The molecule has 0 spiro atoms. The van der Waals surface area contributed by atoms with Gasteiger partial charge in [-0.2, -0.15) is 0 Å². The minimum atomic E-state index is -0.602. The van der Waals surface area contributed by atoms with Gasteiger partial charge in [-0.25, -0.2) is 16.5 Å². The average Bonchev–Trinajstić information content (AvgIpc) is 2.49. The molecule has 0 unspecified atom stereocenters. The van der Waals surface area contributed by atoms with Gasteiger partial charge in [-0.3, -0.25) is 10.9 Å². The lowest BCUT2D eigenvalue weighted by molar-refractivity contribution is 0.241. The van der Waals surface area contributed by atoms with Gasteiger partial charge in [0.15, 0.2) is 0 Å². The molecule has 0 aliphatic heterocycles. The van der Waals surface area contributed by atoms with Gasteiger partial charge in [-0.1, -0.05) is 60.7 Å². The maximum absolute atomic E-state index is 9.71. The zero-order chi connectivity index (χ0) is 13.2. The van der Waals surface area contributed by atoms with Gasteiger partial charge in [-0.05, 0) is 11.1 Å². The summed E-state index contributed by atoms with van der Waals surface area (Å²) in [6, 6.07) is 20.2. The monoisotopic (exact) mass is 244 g/mol. The minimum absolute atomic E-state index is 0.602. The van der Waals surface area contributed by atoms with Crippen molar-refractivity contribution in [2.75, 3.05) is 0 Å². The summed E-state index contributed by atoms with van der Waals surface area (Å²) in [6.07, 6.45) is 0. The summed E-state index contributed by atoms with van der Waals surface area (Å²) in [6.45, 7) is 0. The molecule has 2 aromatic carbocycles. The van der Waals surface area contributed by atoms with Gasteiger partial charge < -0.3 is 0 Å². The average molecular weight is 244 g/mol. The van der Waals surface area contributed by atoms with Gasteiger partial charge in [0, 0.05) is 0 Å². The van der Waals surface area contributed by atoms with E-state index in [0.29, 0.717) is 0 Å². The molecule has 94 valence electrons. The van der Waals surface area contributed by atoms with Crippen LogP contribution in [0.15, 0.2) is 60.7 Å². The molecular formula is C13H16N4O. The highest BCUT2D eigenvalue weighted by molar-refractivity contribution is 5.72. The summed E-state index contributed by atoms with van der Waals surface area (Å²) in [7, 11) is 0.